The lowest BCUT2D eigenvalue weighted by molar-refractivity contribution is 0.0947. The third kappa shape index (κ3) is 4.78. The Morgan fingerprint density at radius 3 is 3.05 bits per heavy atom. The Kier molecular flexibility index (Phi) is 6.18. The van der Waals surface area contributed by atoms with E-state index in [1.165, 1.54) is 31.4 Å². The van der Waals surface area contributed by atoms with Crippen LogP contribution < -0.4 is 5.32 Å². The number of carbonyl (C=O) groups is 1. The van der Waals surface area contributed by atoms with Crippen molar-refractivity contribution < 1.29 is 9.18 Å². The summed E-state index contributed by atoms with van der Waals surface area (Å²) in [6, 6.07) is 4.79. The number of halogens is 2. The average Bonchev–Trinajstić information content (AvgIpc) is 2.47. The molecule has 0 bridgehead atoms. The van der Waals surface area contributed by atoms with Gasteiger partial charge in [-0.1, -0.05) is 6.42 Å². The first-order valence-electron chi connectivity index (χ1n) is 7.55. The molecule has 1 fully saturated rings. The van der Waals surface area contributed by atoms with E-state index >= 15 is 0 Å². The molecule has 1 aromatic rings. The van der Waals surface area contributed by atoms with Crippen molar-refractivity contribution in [1.29, 1.82) is 0 Å². The summed E-state index contributed by atoms with van der Waals surface area (Å²) in [6.07, 6.45) is 4.78. The molecule has 0 spiro atoms. The van der Waals surface area contributed by atoms with Gasteiger partial charge in [0.1, 0.15) is 5.82 Å². The monoisotopic (exact) mass is 356 g/mol. The second kappa shape index (κ2) is 7.90. The molecule has 1 aliphatic heterocycles. The Hall–Kier alpha value is -0.940. The van der Waals surface area contributed by atoms with E-state index in [2.05, 4.69) is 33.1 Å². The van der Waals surface area contributed by atoms with Crippen molar-refractivity contribution in [3.63, 3.8) is 0 Å². The SMILES string of the molecule is CC1CCCCN1CCCNC(=O)c1cc(F)ccc1Br. The van der Waals surface area contributed by atoms with Gasteiger partial charge in [-0.25, -0.2) is 4.39 Å². The minimum absolute atomic E-state index is 0.229. The number of benzene rings is 1. The first-order chi connectivity index (χ1) is 10.1. The van der Waals surface area contributed by atoms with Gasteiger partial charge in [0.05, 0.1) is 5.56 Å². The summed E-state index contributed by atoms with van der Waals surface area (Å²) in [4.78, 5) is 14.5. The van der Waals surface area contributed by atoms with E-state index in [4.69, 9.17) is 0 Å². The maximum absolute atomic E-state index is 13.2. The van der Waals surface area contributed by atoms with Crippen molar-refractivity contribution in [3.8, 4) is 0 Å². The van der Waals surface area contributed by atoms with E-state index in [1.54, 1.807) is 6.07 Å². The Morgan fingerprint density at radius 1 is 1.48 bits per heavy atom. The molecule has 2 rings (SSSR count). The number of piperidine rings is 1. The van der Waals surface area contributed by atoms with Crippen LogP contribution in [0.1, 0.15) is 43.0 Å². The first-order valence-corrected chi connectivity index (χ1v) is 8.34. The second-order valence-corrected chi connectivity index (χ2v) is 6.47. The number of carbonyl (C=O) groups excluding carboxylic acids is 1. The highest BCUT2D eigenvalue weighted by Crippen LogP contribution is 2.18. The topological polar surface area (TPSA) is 32.3 Å². The summed E-state index contributed by atoms with van der Waals surface area (Å²) < 4.78 is 13.8. The van der Waals surface area contributed by atoms with Gasteiger partial charge >= 0.3 is 0 Å². The number of likely N-dealkylation sites (tertiary alicyclic amines) is 1. The molecule has 3 nitrogen and oxygen atoms in total. The molecule has 0 radical (unpaired) electrons. The molecule has 0 aromatic heterocycles. The third-order valence-corrected chi connectivity index (χ3v) is 4.71. The van der Waals surface area contributed by atoms with Crippen LogP contribution >= 0.6 is 15.9 Å². The maximum Gasteiger partial charge on any atom is 0.252 e. The molecule has 1 heterocycles. The maximum atomic E-state index is 13.2. The Labute approximate surface area is 134 Å². The Balaban J connectivity index is 1.75. The van der Waals surface area contributed by atoms with Crippen LogP contribution in [0.15, 0.2) is 22.7 Å². The number of hydrogen-bond donors (Lipinski definition) is 1. The van der Waals surface area contributed by atoms with Crippen LogP contribution in [-0.4, -0.2) is 36.5 Å². The van der Waals surface area contributed by atoms with Crippen molar-refractivity contribution in [2.24, 2.45) is 0 Å². The zero-order valence-corrected chi connectivity index (χ0v) is 14.0. The molecule has 1 N–H and O–H groups in total. The molecule has 1 aliphatic rings. The number of nitrogens with one attached hydrogen (secondary N) is 1. The van der Waals surface area contributed by atoms with E-state index < -0.39 is 5.82 Å². The van der Waals surface area contributed by atoms with Crippen molar-refractivity contribution in [1.82, 2.24) is 10.2 Å². The zero-order chi connectivity index (χ0) is 15.2. The average molecular weight is 357 g/mol. The number of hydrogen-bond acceptors (Lipinski definition) is 2. The van der Waals surface area contributed by atoms with Gasteiger partial charge < -0.3 is 10.2 Å². The van der Waals surface area contributed by atoms with E-state index in [0.717, 1.165) is 19.5 Å². The van der Waals surface area contributed by atoms with E-state index in [-0.39, 0.29) is 5.91 Å². The van der Waals surface area contributed by atoms with Gasteiger partial charge in [0.25, 0.3) is 5.91 Å². The van der Waals surface area contributed by atoms with Crippen LogP contribution in [-0.2, 0) is 0 Å². The van der Waals surface area contributed by atoms with Crippen molar-refractivity contribution in [3.05, 3.63) is 34.1 Å². The summed E-state index contributed by atoms with van der Waals surface area (Å²) >= 11 is 3.27. The van der Waals surface area contributed by atoms with Gasteiger partial charge in [0, 0.05) is 23.6 Å². The smallest absolute Gasteiger partial charge is 0.252 e. The molecule has 0 saturated carbocycles. The van der Waals surface area contributed by atoms with Crippen molar-refractivity contribution in [2.75, 3.05) is 19.6 Å². The molecule has 1 saturated heterocycles. The van der Waals surface area contributed by atoms with Crippen LogP contribution in [0.2, 0.25) is 0 Å². The Bertz CT molecular complexity index is 495. The Morgan fingerprint density at radius 2 is 2.29 bits per heavy atom. The predicted molar refractivity (Wildman–Crippen MR) is 85.9 cm³/mol. The third-order valence-electron chi connectivity index (χ3n) is 4.02. The molecule has 21 heavy (non-hydrogen) atoms. The molecule has 1 amide bonds. The van der Waals surface area contributed by atoms with E-state index in [1.807, 2.05) is 0 Å². The highest BCUT2D eigenvalue weighted by Gasteiger charge is 2.17. The fourth-order valence-electron chi connectivity index (χ4n) is 2.74. The van der Waals surface area contributed by atoms with Gasteiger partial charge in [-0.3, -0.25) is 4.79 Å². The minimum Gasteiger partial charge on any atom is -0.352 e. The van der Waals surface area contributed by atoms with Gasteiger partial charge in [-0.05, 0) is 66.9 Å². The molecular weight excluding hydrogens is 335 g/mol. The largest absolute Gasteiger partial charge is 0.352 e. The lowest BCUT2D eigenvalue weighted by Crippen LogP contribution is -2.39. The van der Waals surface area contributed by atoms with Crippen LogP contribution in [0.4, 0.5) is 4.39 Å². The standard InChI is InChI=1S/C16H22BrFN2O/c1-12-5-2-3-9-20(12)10-4-8-19-16(21)14-11-13(18)6-7-15(14)17/h6-7,11-12H,2-5,8-10H2,1H3,(H,19,21). The quantitative estimate of drug-likeness (QED) is 0.817. The molecule has 1 unspecified atom stereocenters. The molecule has 1 atom stereocenters. The van der Waals surface area contributed by atoms with E-state index in [0.29, 0.717) is 22.6 Å². The number of rotatable bonds is 5. The zero-order valence-electron chi connectivity index (χ0n) is 12.4. The highest BCUT2D eigenvalue weighted by atomic mass is 79.9. The minimum atomic E-state index is -0.398. The van der Waals surface area contributed by atoms with Crippen LogP contribution in [0.5, 0.6) is 0 Å². The fraction of sp³-hybridized carbons (Fsp3) is 0.562. The van der Waals surface area contributed by atoms with Crippen molar-refractivity contribution in [2.45, 2.75) is 38.6 Å². The number of nitrogens with zero attached hydrogens (tertiary/aromatic N) is 1. The van der Waals surface area contributed by atoms with Gasteiger partial charge in [-0.2, -0.15) is 0 Å². The van der Waals surface area contributed by atoms with E-state index in [9.17, 15) is 9.18 Å². The lowest BCUT2D eigenvalue weighted by atomic mass is 10.0. The van der Waals surface area contributed by atoms with Crippen molar-refractivity contribution >= 4 is 21.8 Å². The summed E-state index contributed by atoms with van der Waals surface area (Å²) in [6.45, 7) is 5.04. The predicted octanol–water partition coefficient (Wildman–Crippen LogP) is 3.58. The summed E-state index contributed by atoms with van der Waals surface area (Å²) in [5.74, 6) is -0.626. The highest BCUT2D eigenvalue weighted by molar-refractivity contribution is 9.10. The lowest BCUT2D eigenvalue weighted by Gasteiger charge is -2.33. The van der Waals surface area contributed by atoms with Gasteiger partial charge in [0.15, 0.2) is 0 Å². The fourth-order valence-corrected chi connectivity index (χ4v) is 3.17. The first kappa shape index (κ1) is 16.4. The van der Waals surface area contributed by atoms with Crippen LogP contribution in [0.25, 0.3) is 0 Å². The molecule has 0 aliphatic carbocycles. The van der Waals surface area contributed by atoms with Crippen LogP contribution in [0, 0.1) is 5.82 Å². The van der Waals surface area contributed by atoms with Gasteiger partial charge in [-0.15, -0.1) is 0 Å². The normalized spacial score (nSPS) is 19.5. The van der Waals surface area contributed by atoms with Crippen LogP contribution in [0.3, 0.4) is 0 Å². The molecule has 116 valence electrons. The van der Waals surface area contributed by atoms with Gasteiger partial charge in [0.2, 0.25) is 0 Å². The molecular formula is C16H22BrFN2O. The summed E-state index contributed by atoms with van der Waals surface area (Å²) in [5.41, 5.74) is 0.348. The molecule has 1 aromatic carbocycles. The number of amides is 1. The summed E-state index contributed by atoms with van der Waals surface area (Å²) in [5, 5.41) is 2.86. The second-order valence-electron chi connectivity index (χ2n) is 5.61. The molecule has 5 heteroatoms. The summed E-state index contributed by atoms with van der Waals surface area (Å²) in [7, 11) is 0.